The Balaban J connectivity index is 1.22. The second kappa shape index (κ2) is 10.9. The first kappa shape index (κ1) is 29.0. The highest BCUT2D eigenvalue weighted by Gasteiger charge is 2.26. The van der Waals surface area contributed by atoms with E-state index in [1.807, 2.05) is 11.3 Å². The maximum absolute atomic E-state index is 7.29. The van der Waals surface area contributed by atoms with E-state index >= 15 is 0 Å². The maximum atomic E-state index is 7.29. The number of hydrogen-bond acceptors (Lipinski definition) is 3. The summed E-state index contributed by atoms with van der Waals surface area (Å²) in [6, 6.07) is 61.0. The van der Waals surface area contributed by atoms with Crippen molar-refractivity contribution >= 4 is 96.7 Å². The van der Waals surface area contributed by atoms with Gasteiger partial charge in [-0.3, -0.25) is 0 Å². The van der Waals surface area contributed by atoms with E-state index in [0.29, 0.717) is 0 Å². The molecule has 2 nitrogen and oxygen atoms in total. The largest absolute Gasteiger partial charge is 0.455 e. The Kier molecular flexibility index (Phi) is 5.96. The Morgan fingerprint density at radius 3 is 1.75 bits per heavy atom. The summed E-state index contributed by atoms with van der Waals surface area (Å²) in [5, 5.41) is 12.9. The molecule has 0 radical (unpaired) electrons. The zero-order chi connectivity index (χ0) is 34.6. The third-order valence-electron chi connectivity index (χ3n) is 11.1. The number of fused-ring (bicyclic) bond motifs is 12. The lowest BCUT2D eigenvalue weighted by molar-refractivity contribution is 0.638. The zero-order valence-electron chi connectivity index (χ0n) is 28.4. The van der Waals surface area contributed by atoms with E-state index in [2.05, 4.69) is 170 Å². The fourth-order valence-corrected chi connectivity index (χ4v) is 10.0. The summed E-state index contributed by atoms with van der Waals surface area (Å²) in [4.78, 5) is 0. The fourth-order valence-electron chi connectivity index (χ4n) is 8.83. The van der Waals surface area contributed by atoms with Crippen LogP contribution in [0.5, 0.6) is 0 Å². The predicted octanol–water partition coefficient (Wildman–Crippen LogP) is 15.2. The Labute approximate surface area is 307 Å². The molecule has 0 N–H and O–H groups in total. The van der Waals surface area contributed by atoms with Crippen molar-refractivity contribution < 1.29 is 8.83 Å². The molecule has 12 rings (SSSR count). The molecule has 0 atom stereocenters. The molecule has 3 heteroatoms. The molecule has 3 aromatic heterocycles. The van der Waals surface area contributed by atoms with Gasteiger partial charge in [-0.15, -0.1) is 11.3 Å². The number of benzene rings is 9. The van der Waals surface area contributed by atoms with Crippen molar-refractivity contribution in [2.24, 2.45) is 0 Å². The highest BCUT2D eigenvalue weighted by atomic mass is 32.1. The first-order valence-corrected chi connectivity index (χ1v) is 18.8. The number of thiophene rings is 1. The summed E-state index contributed by atoms with van der Waals surface area (Å²) in [5.41, 5.74) is 8.36. The van der Waals surface area contributed by atoms with Crippen molar-refractivity contribution in [2.75, 3.05) is 0 Å². The first-order valence-electron chi connectivity index (χ1n) is 18.0. The van der Waals surface area contributed by atoms with Gasteiger partial charge in [0.2, 0.25) is 0 Å². The molecule has 0 fully saturated rings. The summed E-state index contributed by atoms with van der Waals surface area (Å²) >= 11 is 1.81. The minimum Gasteiger partial charge on any atom is -0.455 e. The monoisotopic (exact) mass is 692 g/mol. The molecule has 0 aliphatic heterocycles. The average molecular weight is 693 g/mol. The molecule has 0 saturated heterocycles. The minimum absolute atomic E-state index is 0.892. The summed E-state index contributed by atoms with van der Waals surface area (Å²) in [6.45, 7) is 0. The summed E-state index contributed by atoms with van der Waals surface area (Å²) < 4.78 is 16.6. The molecule has 0 saturated carbocycles. The molecule has 0 amide bonds. The predicted molar refractivity (Wildman–Crippen MR) is 225 cm³/mol. The van der Waals surface area contributed by atoms with Gasteiger partial charge in [-0.2, -0.15) is 0 Å². The van der Waals surface area contributed by atoms with Crippen LogP contribution in [0.3, 0.4) is 0 Å². The van der Waals surface area contributed by atoms with Crippen molar-refractivity contribution in [1.82, 2.24) is 0 Å². The molecular weight excluding hydrogens is 665 g/mol. The van der Waals surface area contributed by atoms with E-state index in [1.165, 1.54) is 30.9 Å². The van der Waals surface area contributed by atoms with Gasteiger partial charge in [0.15, 0.2) is 5.58 Å². The average Bonchev–Trinajstić information content (AvgIpc) is 3.92. The lowest BCUT2D eigenvalue weighted by atomic mass is 9.85. The number of furan rings is 2. The van der Waals surface area contributed by atoms with Crippen LogP contribution >= 0.6 is 11.3 Å². The van der Waals surface area contributed by atoms with Gasteiger partial charge in [-0.25, -0.2) is 0 Å². The Hall–Kier alpha value is -6.68. The molecule has 3 heterocycles. The van der Waals surface area contributed by atoms with Crippen molar-refractivity contribution in [3.63, 3.8) is 0 Å². The van der Waals surface area contributed by atoms with Crippen molar-refractivity contribution in [3.05, 3.63) is 170 Å². The topological polar surface area (TPSA) is 26.3 Å². The molecule has 0 unspecified atom stereocenters. The molecule has 53 heavy (non-hydrogen) atoms. The number of para-hydroxylation sites is 1. The van der Waals surface area contributed by atoms with Crippen molar-refractivity contribution in [1.29, 1.82) is 0 Å². The maximum Gasteiger partial charge on any atom is 0.153 e. The van der Waals surface area contributed by atoms with Gasteiger partial charge in [0.25, 0.3) is 0 Å². The second-order valence-electron chi connectivity index (χ2n) is 13.9. The van der Waals surface area contributed by atoms with E-state index in [1.54, 1.807) is 0 Å². The highest BCUT2D eigenvalue weighted by Crippen LogP contribution is 2.52. The molecule has 0 bridgehead atoms. The third kappa shape index (κ3) is 4.03. The normalized spacial score (nSPS) is 12.2. The molecule has 9 aromatic carbocycles. The molecule has 12 aromatic rings. The molecule has 0 aliphatic carbocycles. The van der Waals surface area contributed by atoms with Gasteiger partial charge in [0, 0.05) is 53.9 Å². The van der Waals surface area contributed by atoms with E-state index in [9.17, 15) is 0 Å². The van der Waals surface area contributed by atoms with Crippen LogP contribution in [0.2, 0.25) is 0 Å². The van der Waals surface area contributed by atoms with Crippen LogP contribution in [0.15, 0.2) is 179 Å². The summed E-state index contributed by atoms with van der Waals surface area (Å²) in [6.07, 6.45) is 0. The first-order chi connectivity index (χ1) is 26.3. The van der Waals surface area contributed by atoms with Gasteiger partial charge in [-0.05, 0) is 56.1 Å². The fraction of sp³-hybridized carbons (Fsp3) is 0. The van der Waals surface area contributed by atoms with Crippen LogP contribution in [0.25, 0.3) is 119 Å². The Bertz CT molecular complexity index is 3390. The Morgan fingerprint density at radius 2 is 0.981 bits per heavy atom. The van der Waals surface area contributed by atoms with Crippen molar-refractivity contribution in [3.8, 4) is 33.6 Å². The second-order valence-corrected chi connectivity index (χ2v) is 14.9. The lowest BCUT2D eigenvalue weighted by Crippen LogP contribution is -1.91. The summed E-state index contributed by atoms with van der Waals surface area (Å²) in [5.74, 6) is 0.892. The van der Waals surface area contributed by atoms with E-state index in [4.69, 9.17) is 8.83 Å². The van der Waals surface area contributed by atoms with Crippen LogP contribution in [0, 0.1) is 0 Å². The standard InChI is InChI=1S/C50H28O2S/c1-2-14-30(15-3-1)43-40-27-26-37-32-17-10-11-24-42(32)53-50(37)48(40)52-49(43)46-35-20-8-6-18-33(35)44(34-19-7-9-21-36(34)46)38-22-12-23-39-45-31-16-5-4-13-29(31)25-28-41(45)51-47(38)39/h1-28H. The molecular formula is C50H28O2S. The Morgan fingerprint density at radius 1 is 0.358 bits per heavy atom. The molecule has 246 valence electrons. The molecule has 0 spiro atoms. The van der Waals surface area contributed by atoms with Gasteiger partial charge in [-0.1, -0.05) is 152 Å². The van der Waals surface area contributed by atoms with Crippen molar-refractivity contribution in [2.45, 2.75) is 0 Å². The van der Waals surface area contributed by atoms with Crippen LogP contribution in [-0.4, -0.2) is 0 Å². The smallest absolute Gasteiger partial charge is 0.153 e. The van der Waals surface area contributed by atoms with Gasteiger partial charge < -0.3 is 8.83 Å². The highest BCUT2D eigenvalue weighted by molar-refractivity contribution is 7.26. The number of hydrogen-bond donors (Lipinski definition) is 0. The molecule has 0 aliphatic rings. The minimum atomic E-state index is 0.892. The van der Waals surface area contributed by atoms with Crippen LogP contribution in [-0.2, 0) is 0 Å². The van der Waals surface area contributed by atoms with Gasteiger partial charge in [0.05, 0.1) is 4.70 Å². The van der Waals surface area contributed by atoms with E-state index < -0.39 is 0 Å². The van der Waals surface area contributed by atoms with Crippen LogP contribution in [0.4, 0.5) is 0 Å². The quantitative estimate of drug-likeness (QED) is 0.172. The van der Waals surface area contributed by atoms with Crippen LogP contribution in [0.1, 0.15) is 0 Å². The van der Waals surface area contributed by atoms with Crippen LogP contribution < -0.4 is 0 Å². The van der Waals surface area contributed by atoms with E-state index in [-0.39, 0.29) is 0 Å². The van der Waals surface area contributed by atoms with E-state index in [0.717, 1.165) is 88.0 Å². The lowest BCUT2D eigenvalue weighted by Gasteiger charge is -2.17. The zero-order valence-corrected chi connectivity index (χ0v) is 29.2. The van der Waals surface area contributed by atoms with Gasteiger partial charge in [0.1, 0.15) is 16.9 Å². The summed E-state index contributed by atoms with van der Waals surface area (Å²) in [7, 11) is 0. The third-order valence-corrected chi connectivity index (χ3v) is 12.3. The van der Waals surface area contributed by atoms with Gasteiger partial charge >= 0.3 is 0 Å². The SMILES string of the molecule is c1ccc(-c2c(-c3c4ccccc4c(-c4cccc5c4oc4ccc6ccccc6c45)c4ccccc34)oc3c2ccc2c4ccccc4sc23)cc1. The number of rotatable bonds is 3.